The Labute approximate surface area is 112 Å². The van der Waals surface area contributed by atoms with Crippen LogP contribution in [0, 0.1) is 10.1 Å². The normalized spacial score (nSPS) is 11.1. The second-order valence-electron chi connectivity index (χ2n) is 4.68. The zero-order valence-electron chi connectivity index (χ0n) is 10.2. The average molecular weight is 317 g/mol. The Hall–Kier alpha value is -1.63. The lowest BCUT2D eigenvalue weighted by Gasteiger charge is -2.33. The van der Waals surface area contributed by atoms with E-state index in [1.807, 2.05) is 0 Å². The SMILES string of the molecule is CC(C)(C)N(C(=O)O)c1ccc(Br)c([N+](=O)[O-])c1. The first-order valence-electron chi connectivity index (χ1n) is 5.11. The molecule has 7 heteroatoms. The molecule has 98 valence electrons. The molecule has 0 saturated heterocycles. The monoisotopic (exact) mass is 316 g/mol. The number of carboxylic acid groups (broad SMARTS) is 1. The van der Waals surface area contributed by atoms with Gasteiger partial charge in [0.15, 0.2) is 0 Å². The summed E-state index contributed by atoms with van der Waals surface area (Å²) in [4.78, 5) is 22.6. The van der Waals surface area contributed by atoms with Crippen molar-refractivity contribution < 1.29 is 14.8 Å². The van der Waals surface area contributed by atoms with Crippen LogP contribution < -0.4 is 4.90 Å². The molecule has 1 aromatic carbocycles. The Morgan fingerprint density at radius 1 is 1.44 bits per heavy atom. The fraction of sp³-hybridized carbons (Fsp3) is 0.364. The van der Waals surface area contributed by atoms with Crippen molar-refractivity contribution in [1.29, 1.82) is 0 Å². The van der Waals surface area contributed by atoms with Gasteiger partial charge in [-0.2, -0.15) is 0 Å². The summed E-state index contributed by atoms with van der Waals surface area (Å²) < 4.78 is 0.315. The molecule has 0 atom stereocenters. The first kappa shape index (κ1) is 14.4. The van der Waals surface area contributed by atoms with Gasteiger partial charge in [0.2, 0.25) is 0 Å². The second kappa shape index (κ2) is 4.93. The van der Waals surface area contributed by atoms with Crippen LogP contribution in [0.1, 0.15) is 20.8 Å². The van der Waals surface area contributed by atoms with Crippen LogP contribution in [0.2, 0.25) is 0 Å². The molecule has 6 nitrogen and oxygen atoms in total. The predicted molar refractivity (Wildman–Crippen MR) is 71.1 cm³/mol. The summed E-state index contributed by atoms with van der Waals surface area (Å²) in [5, 5.41) is 20.0. The molecule has 1 aromatic rings. The Kier molecular flexibility index (Phi) is 3.95. The highest BCUT2D eigenvalue weighted by Crippen LogP contribution is 2.32. The third-order valence-corrected chi connectivity index (χ3v) is 2.92. The lowest BCUT2D eigenvalue weighted by Crippen LogP contribution is -2.45. The number of halogens is 1. The molecule has 0 spiro atoms. The summed E-state index contributed by atoms with van der Waals surface area (Å²) in [5.74, 6) is 0. The molecule has 18 heavy (non-hydrogen) atoms. The molecule has 0 heterocycles. The van der Waals surface area contributed by atoms with Crippen LogP contribution in [0.25, 0.3) is 0 Å². The topological polar surface area (TPSA) is 83.7 Å². The summed E-state index contributed by atoms with van der Waals surface area (Å²) in [6, 6.07) is 4.23. The maximum absolute atomic E-state index is 11.3. The van der Waals surface area contributed by atoms with Gasteiger partial charge in [0.05, 0.1) is 15.1 Å². The molecule has 0 unspecified atom stereocenters. The maximum atomic E-state index is 11.3. The van der Waals surface area contributed by atoms with Gasteiger partial charge < -0.3 is 5.11 Å². The van der Waals surface area contributed by atoms with E-state index in [9.17, 15) is 20.0 Å². The fourth-order valence-corrected chi connectivity index (χ4v) is 1.96. The van der Waals surface area contributed by atoms with Gasteiger partial charge >= 0.3 is 6.09 Å². The predicted octanol–water partition coefficient (Wildman–Crippen LogP) is 3.64. The maximum Gasteiger partial charge on any atom is 0.412 e. The molecule has 0 aliphatic carbocycles. The van der Waals surface area contributed by atoms with E-state index in [0.29, 0.717) is 4.47 Å². The van der Waals surface area contributed by atoms with E-state index in [1.54, 1.807) is 20.8 Å². The first-order chi connectivity index (χ1) is 8.14. The van der Waals surface area contributed by atoms with Gasteiger partial charge in [-0.1, -0.05) is 0 Å². The number of anilines is 1. The average Bonchev–Trinajstić information content (AvgIpc) is 2.17. The molecule has 0 radical (unpaired) electrons. The first-order valence-corrected chi connectivity index (χ1v) is 5.91. The number of carbonyl (C=O) groups is 1. The van der Waals surface area contributed by atoms with Gasteiger partial charge in [-0.05, 0) is 48.8 Å². The van der Waals surface area contributed by atoms with E-state index in [2.05, 4.69) is 15.9 Å². The number of amides is 1. The van der Waals surface area contributed by atoms with Gasteiger partial charge in [-0.3, -0.25) is 15.0 Å². The Morgan fingerprint density at radius 3 is 2.39 bits per heavy atom. The molecule has 0 bridgehead atoms. The Bertz CT molecular complexity index is 496. The van der Waals surface area contributed by atoms with E-state index >= 15 is 0 Å². The van der Waals surface area contributed by atoms with Gasteiger partial charge in [-0.25, -0.2) is 4.79 Å². The smallest absolute Gasteiger partial charge is 0.412 e. The number of hydrogen-bond acceptors (Lipinski definition) is 3. The summed E-state index contributed by atoms with van der Waals surface area (Å²) >= 11 is 3.06. The molecule has 1 rings (SSSR count). The molecule has 1 amide bonds. The van der Waals surface area contributed by atoms with Crippen molar-refractivity contribution in [2.45, 2.75) is 26.3 Å². The summed E-state index contributed by atoms with van der Waals surface area (Å²) in [5.41, 5.74) is -0.582. The molecule has 0 fully saturated rings. The minimum Gasteiger partial charge on any atom is -0.465 e. The van der Waals surface area contributed by atoms with Crippen LogP contribution >= 0.6 is 15.9 Å². The van der Waals surface area contributed by atoms with Crippen molar-refractivity contribution in [3.63, 3.8) is 0 Å². The lowest BCUT2D eigenvalue weighted by atomic mass is 10.1. The molecule has 1 N–H and O–H groups in total. The van der Waals surface area contributed by atoms with E-state index in [0.717, 1.165) is 4.90 Å². The fourth-order valence-electron chi connectivity index (χ4n) is 1.56. The number of nitro benzene ring substituents is 1. The molecule has 0 aromatic heterocycles. The Balaban J connectivity index is 3.35. The number of rotatable bonds is 2. The van der Waals surface area contributed by atoms with Gasteiger partial charge in [0, 0.05) is 11.6 Å². The number of nitro groups is 1. The van der Waals surface area contributed by atoms with Crippen molar-refractivity contribution in [3.8, 4) is 0 Å². The standard InChI is InChI=1S/C11H13BrN2O4/c1-11(2,3)13(10(15)16)7-4-5-8(12)9(6-7)14(17)18/h4-6H,1-3H3,(H,15,16). The lowest BCUT2D eigenvalue weighted by molar-refractivity contribution is -0.385. The van der Waals surface area contributed by atoms with Crippen molar-refractivity contribution >= 4 is 33.4 Å². The van der Waals surface area contributed by atoms with E-state index in [-0.39, 0.29) is 11.4 Å². The zero-order valence-corrected chi connectivity index (χ0v) is 11.8. The van der Waals surface area contributed by atoms with Gasteiger partial charge in [0.25, 0.3) is 5.69 Å². The zero-order chi connectivity index (χ0) is 14.1. The quantitative estimate of drug-likeness (QED) is 0.666. The van der Waals surface area contributed by atoms with E-state index in [4.69, 9.17) is 0 Å². The summed E-state index contributed by atoms with van der Waals surface area (Å²) in [7, 11) is 0. The highest BCUT2D eigenvalue weighted by atomic mass is 79.9. The van der Waals surface area contributed by atoms with E-state index < -0.39 is 16.6 Å². The Morgan fingerprint density at radius 2 is 2.00 bits per heavy atom. The number of nitrogens with zero attached hydrogens (tertiary/aromatic N) is 2. The van der Waals surface area contributed by atoms with Crippen LogP contribution in [-0.4, -0.2) is 21.7 Å². The highest BCUT2D eigenvalue weighted by Gasteiger charge is 2.29. The van der Waals surface area contributed by atoms with Gasteiger partial charge in [-0.15, -0.1) is 0 Å². The van der Waals surface area contributed by atoms with E-state index in [1.165, 1.54) is 18.2 Å². The van der Waals surface area contributed by atoms with Crippen LogP contribution in [0.5, 0.6) is 0 Å². The minimum atomic E-state index is -1.15. The van der Waals surface area contributed by atoms with Crippen molar-refractivity contribution in [2.75, 3.05) is 4.90 Å². The van der Waals surface area contributed by atoms with Crippen LogP contribution in [-0.2, 0) is 0 Å². The summed E-state index contributed by atoms with van der Waals surface area (Å²) in [6.07, 6.45) is -1.15. The van der Waals surface area contributed by atoms with Crippen molar-refractivity contribution in [1.82, 2.24) is 0 Å². The molecule has 0 aliphatic heterocycles. The van der Waals surface area contributed by atoms with Crippen molar-refractivity contribution in [2.24, 2.45) is 0 Å². The van der Waals surface area contributed by atoms with Crippen molar-refractivity contribution in [3.05, 3.63) is 32.8 Å². The largest absolute Gasteiger partial charge is 0.465 e. The third-order valence-electron chi connectivity index (χ3n) is 2.25. The molecular formula is C11H13BrN2O4. The summed E-state index contributed by atoms with van der Waals surface area (Å²) in [6.45, 7) is 5.15. The third kappa shape index (κ3) is 2.98. The van der Waals surface area contributed by atoms with Crippen LogP contribution in [0.15, 0.2) is 22.7 Å². The molecular weight excluding hydrogens is 304 g/mol. The molecule has 0 saturated carbocycles. The second-order valence-corrected chi connectivity index (χ2v) is 5.54. The van der Waals surface area contributed by atoms with Crippen LogP contribution in [0.4, 0.5) is 16.2 Å². The van der Waals surface area contributed by atoms with Crippen LogP contribution in [0.3, 0.4) is 0 Å². The van der Waals surface area contributed by atoms with Gasteiger partial charge in [0.1, 0.15) is 0 Å². The number of hydrogen-bond donors (Lipinski definition) is 1. The number of benzene rings is 1. The highest BCUT2D eigenvalue weighted by molar-refractivity contribution is 9.10. The minimum absolute atomic E-state index is 0.164. The molecule has 0 aliphatic rings.